The normalized spacial score (nSPS) is 11.9. The van der Waals surface area contributed by atoms with Crippen molar-refractivity contribution in [1.82, 2.24) is 30.0 Å². The maximum atomic E-state index is 5.81. The van der Waals surface area contributed by atoms with Gasteiger partial charge in [0.05, 0.1) is 23.8 Å². The van der Waals surface area contributed by atoms with Crippen LogP contribution in [0.3, 0.4) is 0 Å². The zero-order valence-electron chi connectivity index (χ0n) is 19.8. The highest BCUT2D eigenvalue weighted by Crippen LogP contribution is 2.40. The SMILES string of the molecule is Nc1ccc(-n2cc(-c3ccc4c(c3)-c3cc(-c5cn(-c6ccc(N)cc6)nn5)ccc3C4)nn2)cc1. The molecule has 4 aromatic carbocycles. The van der Waals surface area contributed by atoms with E-state index in [1.165, 1.54) is 22.3 Å². The average Bonchev–Trinajstić information content (AvgIpc) is 3.67. The smallest absolute Gasteiger partial charge is 0.113 e. The third-order valence-corrected chi connectivity index (χ3v) is 6.78. The number of hydrogen-bond acceptors (Lipinski definition) is 6. The number of nitrogens with zero attached hydrogens (tertiary/aromatic N) is 6. The van der Waals surface area contributed by atoms with E-state index < -0.39 is 0 Å². The van der Waals surface area contributed by atoms with E-state index in [1.807, 2.05) is 60.9 Å². The van der Waals surface area contributed by atoms with Crippen LogP contribution in [0, 0.1) is 0 Å². The molecule has 0 bridgehead atoms. The number of anilines is 2. The molecule has 8 heteroatoms. The highest BCUT2D eigenvalue weighted by atomic mass is 15.4. The number of nitrogen functional groups attached to an aromatic ring is 2. The maximum absolute atomic E-state index is 5.81. The first kappa shape index (κ1) is 21.1. The quantitative estimate of drug-likeness (QED) is 0.344. The second-order valence-electron chi connectivity index (χ2n) is 9.20. The van der Waals surface area contributed by atoms with Crippen molar-refractivity contribution in [3.63, 3.8) is 0 Å². The summed E-state index contributed by atoms with van der Waals surface area (Å²) in [7, 11) is 0. The summed E-state index contributed by atoms with van der Waals surface area (Å²) in [6.45, 7) is 0. The molecule has 0 saturated heterocycles. The summed E-state index contributed by atoms with van der Waals surface area (Å²) in [5.74, 6) is 0. The van der Waals surface area contributed by atoms with Crippen molar-refractivity contribution < 1.29 is 0 Å². The summed E-state index contributed by atoms with van der Waals surface area (Å²) >= 11 is 0. The molecule has 0 aliphatic heterocycles. The lowest BCUT2D eigenvalue weighted by molar-refractivity contribution is 0.804. The van der Waals surface area contributed by atoms with E-state index >= 15 is 0 Å². The highest BCUT2D eigenvalue weighted by molar-refractivity contribution is 5.83. The Hall–Kier alpha value is -5.24. The van der Waals surface area contributed by atoms with Gasteiger partial charge in [-0.25, -0.2) is 9.36 Å². The Labute approximate surface area is 212 Å². The van der Waals surface area contributed by atoms with E-state index in [-0.39, 0.29) is 0 Å². The van der Waals surface area contributed by atoms with Crippen LogP contribution < -0.4 is 11.5 Å². The predicted molar refractivity (Wildman–Crippen MR) is 144 cm³/mol. The van der Waals surface area contributed by atoms with E-state index in [4.69, 9.17) is 11.5 Å². The third-order valence-electron chi connectivity index (χ3n) is 6.78. The second-order valence-corrected chi connectivity index (χ2v) is 9.20. The largest absolute Gasteiger partial charge is 0.399 e. The van der Waals surface area contributed by atoms with Crippen molar-refractivity contribution in [2.75, 3.05) is 11.5 Å². The van der Waals surface area contributed by atoms with Gasteiger partial charge >= 0.3 is 0 Å². The van der Waals surface area contributed by atoms with Crippen molar-refractivity contribution in [3.05, 3.63) is 108 Å². The molecule has 2 heterocycles. The fourth-order valence-corrected chi connectivity index (χ4v) is 4.79. The third kappa shape index (κ3) is 3.71. The lowest BCUT2D eigenvalue weighted by Crippen LogP contribution is -1.95. The molecule has 0 saturated carbocycles. The molecular weight excluding hydrogens is 460 g/mol. The number of benzene rings is 4. The van der Waals surface area contributed by atoms with Crippen LogP contribution in [0.15, 0.2) is 97.3 Å². The lowest BCUT2D eigenvalue weighted by Gasteiger charge is -2.05. The molecule has 1 aliphatic rings. The molecule has 4 N–H and O–H groups in total. The Morgan fingerprint density at radius 3 is 1.41 bits per heavy atom. The van der Waals surface area contributed by atoms with Gasteiger partial charge in [-0.05, 0) is 89.3 Å². The number of nitrogens with two attached hydrogens (primary N) is 2. The first-order valence-corrected chi connectivity index (χ1v) is 11.9. The minimum Gasteiger partial charge on any atom is -0.399 e. The first-order valence-electron chi connectivity index (χ1n) is 11.9. The van der Waals surface area contributed by atoms with Gasteiger partial charge in [0.25, 0.3) is 0 Å². The zero-order chi connectivity index (χ0) is 24.9. The minimum atomic E-state index is 0.716. The van der Waals surface area contributed by atoms with Crippen molar-refractivity contribution >= 4 is 11.4 Å². The topological polar surface area (TPSA) is 113 Å². The average molecular weight is 483 g/mol. The number of aromatic nitrogens is 6. The van der Waals surface area contributed by atoms with Gasteiger partial charge in [0, 0.05) is 22.5 Å². The molecule has 8 nitrogen and oxygen atoms in total. The molecule has 0 spiro atoms. The summed E-state index contributed by atoms with van der Waals surface area (Å²) in [5, 5.41) is 17.5. The van der Waals surface area contributed by atoms with Gasteiger partial charge in [-0.2, -0.15) is 0 Å². The van der Waals surface area contributed by atoms with Gasteiger partial charge in [0.15, 0.2) is 0 Å². The summed E-state index contributed by atoms with van der Waals surface area (Å²) in [6.07, 6.45) is 4.78. The standard InChI is InChI=1S/C29H22N8/c30-22-5-9-24(10-6-22)36-16-28(32-34-36)20-3-1-18-13-19-2-4-21(15-27(19)26(18)14-20)29-17-37(35-33-29)25-11-7-23(31)8-12-25/h1-12,14-17H,13,30-31H2. The van der Waals surface area contributed by atoms with Crippen molar-refractivity contribution in [2.24, 2.45) is 0 Å². The van der Waals surface area contributed by atoms with Gasteiger partial charge in [0.1, 0.15) is 11.4 Å². The fourth-order valence-electron chi connectivity index (χ4n) is 4.79. The molecule has 7 rings (SSSR count). The van der Waals surface area contributed by atoms with Crippen LogP contribution in [0.5, 0.6) is 0 Å². The zero-order valence-corrected chi connectivity index (χ0v) is 19.8. The van der Waals surface area contributed by atoms with E-state index in [0.29, 0.717) is 11.4 Å². The van der Waals surface area contributed by atoms with E-state index in [1.54, 1.807) is 9.36 Å². The van der Waals surface area contributed by atoms with Gasteiger partial charge in [-0.3, -0.25) is 0 Å². The van der Waals surface area contributed by atoms with E-state index in [0.717, 1.165) is 40.3 Å². The Bertz CT molecular complexity index is 1630. The number of hydrogen-bond donors (Lipinski definition) is 2. The summed E-state index contributed by atoms with van der Waals surface area (Å²) in [6, 6.07) is 28.1. The number of rotatable bonds is 4. The van der Waals surface area contributed by atoms with Gasteiger partial charge in [-0.1, -0.05) is 34.7 Å². The monoisotopic (exact) mass is 482 g/mol. The summed E-state index contributed by atoms with van der Waals surface area (Å²) < 4.78 is 3.52. The minimum absolute atomic E-state index is 0.716. The van der Waals surface area contributed by atoms with Crippen molar-refractivity contribution in [3.8, 4) is 45.0 Å². The Morgan fingerprint density at radius 1 is 0.541 bits per heavy atom. The molecule has 6 aromatic rings. The predicted octanol–water partition coefficient (Wildman–Crippen LogP) is 4.92. The maximum Gasteiger partial charge on any atom is 0.113 e. The molecule has 0 unspecified atom stereocenters. The molecule has 178 valence electrons. The Morgan fingerprint density at radius 2 is 0.973 bits per heavy atom. The van der Waals surface area contributed by atoms with Crippen LogP contribution >= 0.6 is 0 Å². The molecule has 0 fully saturated rings. The number of fused-ring (bicyclic) bond motifs is 3. The van der Waals surface area contributed by atoms with Crippen LogP contribution in [0.4, 0.5) is 11.4 Å². The van der Waals surface area contributed by atoms with Crippen molar-refractivity contribution in [1.29, 1.82) is 0 Å². The van der Waals surface area contributed by atoms with Crippen LogP contribution in [0.25, 0.3) is 45.0 Å². The highest BCUT2D eigenvalue weighted by Gasteiger charge is 2.21. The summed E-state index contributed by atoms with van der Waals surface area (Å²) in [5.41, 5.74) is 23.6. The molecular formula is C29H22N8. The van der Waals surface area contributed by atoms with E-state index in [2.05, 4.69) is 57.0 Å². The Balaban J connectivity index is 1.22. The molecule has 2 aromatic heterocycles. The van der Waals surface area contributed by atoms with Gasteiger partial charge in [-0.15, -0.1) is 10.2 Å². The van der Waals surface area contributed by atoms with Crippen LogP contribution in [-0.4, -0.2) is 30.0 Å². The van der Waals surface area contributed by atoms with Crippen LogP contribution in [-0.2, 0) is 6.42 Å². The first-order chi connectivity index (χ1) is 18.1. The van der Waals surface area contributed by atoms with Crippen LogP contribution in [0.2, 0.25) is 0 Å². The Kier molecular flexibility index (Phi) is 4.65. The van der Waals surface area contributed by atoms with Crippen LogP contribution in [0.1, 0.15) is 11.1 Å². The second kappa shape index (κ2) is 8.17. The molecule has 0 radical (unpaired) electrons. The van der Waals surface area contributed by atoms with Crippen molar-refractivity contribution in [2.45, 2.75) is 6.42 Å². The molecule has 0 amide bonds. The lowest BCUT2D eigenvalue weighted by atomic mass is 9.99. The van der Waals surface area contributed by atoms with E-state index in [9.17, 15) is 0 Å². The fraction of sp³-hybridized carbons (Fsp3) is 0.0345. The van der Waals surface area contributed by atoms with Gasteiger partial charge < -0.3 is 11.5 Å². The molecule has 1 aliphatic carbocycles. The molecule has 0 atom stereocenters. The summed E-state index contributed by atoms with van der Waals surface area (Å²) in [4.78, 5) is 0. The van der Waals surface area contributed by atoms with Gasteiger partial charge in [0.2, 0.25) is 0 Å². The molecule has 37 heavy (non-hydrogen) atoms.